The zero-order chi connectivity index (χ0) is 13.0. The van der Waals surface area contributed by atoms with Crippen LogP contribution >= 0.6 is 0 Å². The van der Waals surface area contributed by atoms with E-state index in [1.807, 2.05) is 0 Å². The Morgan fingerprint density at radius 3 is 2.56 bits per heavy atom. The van der Waals surface area contributed by atoms with Crippen LogP contribution in [-0.2, 0) is 14.6 Å². The van der Waals surface area contributed by atoms with Gasteiger partial charge >= 0.3 is 0 Å². The third-order valence-electron chi connectivity index (χ3n) is 3.82. The van der Waals surface area contributed by atoms with Crippen LogP contribution in [0, 0.1) is 0 Å². The third kappa shape index (κ3) is 3.95. The highest BCUT2D eigenvalue weighted by Crippen LogP contribution is 2.13. The lowest BCUT2D eigenvalue weighted by Crippen LogP contribution is -2.44. The number of hydrogen-bond acceptors (Lipinski definition) is 4. The minimum atomic E-state index is -2.89. The van der Waals surface area contributed by atoms with E-state index in [1.54, 1.807) is 4.90 Å². The summed E-state index contributed by atoms with van der Waals surface area (Å²) in [4.78, 5) is 13.7. The topological polar surface area (TPSA) is 66.5 Å². The Morgan fingerprint density at radius 2 is 1.94 bits per heavy atom. The highest BCUT2D eigenvalue weighted by atomic mass is 32.2. The third-order valence-corrected chi connectivity index (χ3v) is 5.43. The van der Waals surface area contributed by atoms with Crippen molar-refractivity contribution in [2.45, 2.75) is 38.1 Å². The summed E-state index contributed by atoms with van der Waals surface area (Å²) in [5.41, 5.74) is 0. The highest BCUT2D eigenvalue weighted by Gasteiger charge is 2.25. The van der Waals surface area contributed by atoms with E-state index in [-0.39, 0.29) is 17.4 Å². The van der Waals surface area contributed by atoms with Gasteiger partial charge in [-0.25, -0.2) is 8.42 Å². The summed E-state index contributed by atoms with van der Waals surface area (Å²) in [6.07, 6.45) is 5.05. The van der Waals surface area contributed by atoms with E-state index in [0.29, 0.717) is 25.6 Å². The molecule has 2 rings (SSSR count). The van der Waals surface area contributed by atoms with Crippen LogP contribution < -0.4 is 5.32 Å². The zero-order valence-corrected chi connectivity index (χ0v) is 11.5. The molecule has 0 aromatic rings. The van der Waals surface area contributed by atoms with Crippen molar-refractivity contribution in [1.29, 1.82) is 0 Å². The molecule has 2 heterocycles. The first kappa shape index (κ1) is 13.8. The minimum Gasteiger partial charge on any atom is -0.341 e. The molecule has 0 spiro atoms. The molecule has 5 nitrogen and oxygen atoms in total. The van der Waals surface area contributed by atoms with E-state index in [2.05, 4.69) is 5.32 Å². The van der Waals surface area contributed by atoms with Gasteiger partial charge in [-0.3, -0.25) is 4.79 Å². The molecule has 2 saturated heterocycles. The summed E-state index contributed by atoms with van der Waals surface area (Å²) >= 11 is 0. The molecular weight excluding hydrogens is 252 g/mol. The molecule has 1 unspecified atom stereocenters. The second-order valence-electron chi connectivity index (χ2n) is 5.22. The van der Waals surface area contributed by atoms with Gasteiger partial charge in [-0.05, 0) is 25.8 Å². The summed E-state index contributed by atoms with van der Waals surface area (Å²) in [5, 5.41) is 3.42. The van der Waals surface area contributed by atoms with Gasteiger partial charge in [-0.2, -0.15) is 0 Å². The molecule has 0 bridgehead atoms. The van der Waals surface area contributed by atoms with E-state index in [4.69, 9.17) is 0 Å². The smallest absolute Gasteiger partial charge is 0.222 e. The molecule has 6 heteroatoms. The molecule has 2 aliphatic rings. The van der Waals surface area contributed by atoms with Crippen molar-refractivity contribution in [2.75, 3.05) is 31.1 Å². The SMILES string of the molecule is O=C(CCC1CCCCN1)N1CCS(=O)(=O)CC1. The lowest BCUT2D eigenvalue weighted by molar-refractivity contribution is -0.131. The maximum atomic E-state index is 12.0. The molecule has 1 amide bonds. The first-order valence-corrected chi connectivity index (χ1v) is 8.60. The number of carbonyl (C=O) groups excluding carboxylic acids is 1. The normalized spacial score (nSPS) is 28.0. The van der Waals surface area contributed by atoms with Gasteiger partial charge in [0.1, 0.15) is 0 Å². The Morgan fingerprint density at radius 1 is 1.22 bits per heavy atom. The number of rotatable bonds is 3. The van der Waals surface area contributed by atoms with Gasteiger partial charge in [0.15, 0.2) is 9.84 Å². The average molecular weight is 274 g/mol. The largest absolute Gasteiger partial charge is 0.341 e. The Labute approximate surface area is 109 Å². The van der Waals surface area contributed by atoms with Crippen LogP contribution in [0.1, 0.15) is 32.1 Å². The lowest BCUT2D eigenvalue weighted by Gasteiger charge is -2.28. The van der Waals surface area contributed by atoms with Crippen molar-refractivity contribution in [3.05, 3.63) is 0 Å². The van der Waals surface area contributed by atoms with Gasteiger partial charge in [-0.15, -0.1) is 0 Å². The van der Waals surface area contributed by atoms with Crippen molar-refractivity contribution in [1.82, 2.24) is 10.2 Å². The van der Waals surface area contributed by atoms with Crippen LogP contribution in [0.2, 0.25) is 0 Å². The predicted octanol–water partition coefficient (Wildman–Crippen LogP) is 0.166. The van der Waals surface area contributed by atoms with Crippen LogP contribution in [0.5, 0.6) is 0 Å². The molecular formula is C12H22N2O3S. The number of carbonyl (C=O) groups is 1. The van der Waals surface area contributed by atoms with Crippen LogP contribution in [0.4, 0.5) is 0 Å². The maximum absolute atomic E-state index is 12.0. The summed E-state index contributed by atoms with van der Waals surface area (Å²) < 4.78 is 22.6. The summed E-state index contributed by atoms with van der Waals surface area (Å²) in [6.45, 7) is 1.80. The molecule has 1 atom stereocenters. The van der Waals surface area contributed by atoms with E-state index >= 15 is 0 Å². The second kappa shape index (κ2) is 6.02. The first-order chi connectivity index (χ1) is 8.57. The number of nitrogens with one attached hydrogen (secondary N) is 1. The number of amides is 1. The predicted molar refractivity (Wildman–Crippen MR) is 70.1 cm³/mol. The van der Waals surface area contributed by atoms with Gasteiger partial charge < -0.3 is 10.2 Å². The monoisotopic (exact) mass is 274 g/mol. The number of sulfone groups is 1. The molecule has 0 aromatic carbocycles. The fourth-order valence-electron chi connectivity index (χ4n) is 2.59. The molecule has 2 aliphatic heterocycles. The quantitative estimate of drug-likeness (QED) is 0.796. The van der Waals surface area contributed by atoms with Crippen molar-refractivity contribution < 1.29 is 13.2 Å². The number of piperidine rings is 1. The number of hydrogen-bond donors (Lipinski definition) is 1. The van der Waals surface area contributed by atoms with Crippen molar-refractivity contribution in [2.24, 2.45) is 0 Å². The summed E-state index contributed by atoms with van der Waals surface area (Å²) in [7, 11) is -2.89. The van der Waals surface area contributed by atoms with Crippen LogP contribution in [0.15, 0.2) is 0 Å². The van der Waals surface area contributed by atoms with Crippen molar-refractivity contribution >= 4 is 15.7 Å². The average Bonchev–Trinajstić information content (AvgIpc) is 2.37. The van der Waals surface area contributed by atoms with Crippen molar-refractivity contribution in [3.63, 3.8) is 0 Å². The summed E-state index contributed by atoms with van der Waals surface area (Å²) in [6, 6.07) is 0.469. The van der Waals surface area contributed by atoms with E-state index < -0.39 is 9.84 Å². The fraction of sp³-hybridized carbons (Fsp3) is 0.917. The molecule has 0 radical (unpaired) electrons. The minimum absolute atomic E-state index is 0.109. The van der Waals surface area contributed by atoms with Gasteiger partial charge in [0.2, 0.25) is 5.91 Å². The standard InChI is InChI=1S/C12H22N2O3S/c15-12(5-4-11-3-1-2-6-13-11)14-7-9-18(16,17)10-8-14/h11,13H,1-10H2. The van der Waals surface area contributed by atoms with Gasteiger partial charge in [0.05, 0.1) is 11.5 Å². The lowest BCUT2D eigenvalue weighted by atomic mass is 10.0. The van der Waals surface area contributed by atoms with Gasteiger partial charge in [0.25, 0.3) is 0 Å². The molecule has 18 heavy (non-hydrogen) atoms. The molecule has 1 N–H and O–H groups in total. The van der Waals surface area contributed by atoms with Crippen LogP contribution in [0.3, 0.4) is 0 Å². The zero-order valence-electron chi connectivity index (χ0n) is 10.7. The Kier molecular flexibility index (Phi) is 4.61. The highest BCUT2D eigenvalue weighted by molar-refractivity contribution is 7.91. The summed E-state index contributed by atoms with van der Waals surface area (Å²) in [5.74, 6) is 0.359. The van der Waals surface area contributed by atoms with Gasteiger partial charge in [0, 0.05) is 25.6 Å². The van der Waals surface area contributed by atoms with Crippen LogP contribution in [-0.4, -0.2) is 56.4 Å². The Bertz CT molecular complexity index is 374. The molecule has 0 aliphatic carbocycles. The molecule has 0 saturated carbocycles. The molecule has 2 fully saturated rings. The Balaban J connectivity index is 1.71. The van der Waals surface area contributed by atoms with Crippen molar-refractivity contribution in [3.8, 4) is 0 Å². The first-order valence-electron chi connectivity index (χ1n) is 6.78. The maximum Gasteiger partial charge on any atom is 0.222 e. The van der Waals surface area contributed by atoms with E-state index in [9.17, 15) is 13.2 Å². The second-order valence-corrected chi connectivity index (χ2v) is 7.52. The Hall–Kier alpha value is -0.620. The molecule has 0 aromatic heterocycles. The van der Waals surface area contributed by atoms with Gasteiger partial charge in [-0.1, -0.05) is 6.42 Å². The molecule has 104 valence electrons. The van der Waals surface area contributed by atoms with E-state index in [0.717, 1.165) is 19.4 Å². The van der Waals surface area contributed by atoms with Crippen LogP contribution in [0.25, 0.3) is 0 Å². The number of nitrogens with zero attached hydrogens (tertiary/aromatic N) is 1. The van der Waals surface area contributed by atoms with E-state index in [1.165, 1.54) is 12.8 Å². The fourth-order valence-corrected chi connectivity index (χ4v) is 3.79.